The number of allylic oxidation sites excluding steroid dienone is 7. The molecule has 2 aliphatic rings. The predicted molar refractivity (Wildman–Crippen MR) is 90.3 cm³/mol. The minimum Gasteiger partial charge on any atom is -0.375 e. The highest BCUT2D eigenvalue weighted by Gasteiger charge is 2.22. The van der Waals surface area contributed by atoms with E-state index in [4.69, 9.17) is 0 Å². The van der Waals surface area contributed by atoms with Crippen LogP contribution in [0.3, 0.4) is 0 Å². The van der Waals surface area contributed by atoms with Crippen LogP contribution in [-0.2, 0) is 0 Å². The molecule has 2 aliphatic heterocycles. The Balaban J connectivity index is 2.04. The number of nitrogens with zero attached hydrogens (tertiary/aromatic N) is 1. The van der Waals surface area contributed by atoms with Crippen LogP contribution in [0.2, 0.25) is 0 Å². The first-order chi connectivity index (χ1) is 10.2. The first-order valence-electron chi connectivity index (χ1n) is 7.43. The van der Waals surface area contributed by atoms with Gasteiger partial charge in [0.2, 0.25) is 0 Å². The average Bonchev–Trinajstić information content (AvgIpc) is 2.90. The molecule has 21 heavy (non-hydrogen) atoms. The van der Waals surface area contributed by atoms with Crippen molar-refractivity contribution in [3.05, 3.63) is 72.2 Å². The van der Waals surface area contributed by atoms with Crippen molar-refractivity contribution in [2.75, 3.05) is 7.05 Å². The second-order valence-corrected chi connectivity index (χ2v) is 5.33. The van der Waals surface area contributed by atoms with Crippen LogP contribution in [0.15, 0.2) is 72.2 Å². The highest BCUT2D eigenvalue weighted by Crippen LogP contribution is 2.22. The lowest BCUT2D eigenvalue weighted by Gasteiger charge is -2.33. The van der Waals surface area contributed by atoms with E-state index in [0.29, 0.717) is 0 Å². The van der Waals surface area contributed by atoms with Gasteiger partial charge in [-0.15, -0.1) is 0 Å². The van der Waals surface area contributed by atoms with Crippen LogP contribution < -0.4 is 10.6 Å². The molecule has 0 aromatic rings. The number of likely N-dealkylation sites (N-methyl/N-ethyl adjacent to an activating group) is 1. The van der Waals surface area contributed by atoms with Gasteiger partial charge in [-0.2, -0.15) is 0 Å². The van der Waals surface area contributed by atoms with E-state index in [0.717, 1.165) is 12.0 Å². The van der Waals surface area contributed by atoms with E-state index in [2.05, 4.69) is 71.9 Å². The van der Waals surface area contributed by atoms with E-state index >= 15 is 0 Å². The van der Waals surface area contributed by atoms with Crippen molar-refractivity contribution in [1.82, 2.24) is 15.5 Å². The topological polar surface area (TPSA) is 27.3 Å². The SMILES string of the molecule is C=CC1=CN(C)C(NC2CC(/C=C/C)=CN2)C=C1/C=C\C. The Morgan fingerprint density at radius 2 is 2.05 bits per heavy atom. The van der Waals surface area contributed by atoms with Gasteiger partial charge in [-0.1, -0.05) is 37.0 Å². The lowest BCUT2D eigenvalue weighted by molar-refractivity contribution is 0.284. The third kappa shape index (κ3) is 3.76. The molecule has 3 heteroatoms. The Bertz CT molecular complexity index is 535. The van der Waals surface area contributed by atoms with Crippen molar-refractivity contribution < 1.29 is 0 Å². The zero-order valence-electron chi connectivity index (χ0n) is 13.1. The molecule has 2 N–H and O–H groups in total. The van der Waals surface area contributed by atoms with E-state index in [-0.39, 0.29) is 12.3 Å². The summed E-state index contributed by atoms with van der Waals surface area (Å²) in [5, 5.41) is 7.02. The molecule has 0 saturated heterocycles. The van der Waals surface area contributed by atoms with Crippen molar-refractivity contribution in [3.8, 4) is 0 Å². The Hall–Kier alpha value is -2.00. The van der Waals surface area contributed by atoms with Gasteiger partial charge in [-0.3, -0.25) is 5.32 Å². The lowest BCUT2D eigenvalue weighted by atomic mass is 10.0. The third-order valence-corrected chi connectivity index (χ3v) is 3.68. The fourth-order valence-corrected chi connectivity index (χ4v) is 2.63. The first kappa shape index (κ1) is 15.4. The predicted octanol–water partition coefficient (Wildman–Crippen LogP) is 3.20. The summed E-state index contributed by atoms with van der Waals surface area (Å²) in [6.45, 7) is 7.97. The maximum atomic E-state index is 3.89. The average molecular weight is 283 g/mol. The molecule has 2 unspecified atom stereocenters. The van der Waals surface area contributed by atoms with Crippen molar-refractivity contribution >= 4 is 0 Å². The Morgan fingerprint density at radius 3 is 2.71 bits per heavy atom. The minimum absolute atomic E-state index is 0.177. The smallest absolute Gasteiger partial charge is 0.100 e. The molecule has 0 radical (unpaired) electrons. The summed E-state index contributed by atoms with van der Waals surface area (Å²) in [7, 11) is 2.08. The molecule has 2 heterocycles. The second kappa shape index (κ2) is 7.14. The molecular formula is C18H25N3. The van der Waals surface area contributed by atoms with E-state index in [1.54, 1.807) is 0 Å². The van der Waals surface area contributed by atoms with Crippen molar-refractivity contribution in [2.45, 2.75) is 32.6 Å². The van der Waals surface area contributed by atoms with Crippen LogP contribution >= 0.6 is 0 Å². The minimum atomic E-state index is 0.177. The summed E-state index contributed by atoms with van der Waals surface area (Å²) >= 11 is 0. The summed E-state index contributed by atoms with van der Waals surface area (Å²) in [5.41, 5.74) is 3.69. The summed E-state index contributed by atoms with van der Waals surface area (Å²) in [5.74, 6) is 0. The zero-order valence-corrected chi connectivity index (χ0v) is 13.1. The normalized spacial score (nSPS) is 25.9. The molecule has 3 nitrogen and oxygen atoms in total. The molecule has 2 atom stereocenters. The number of hydrogen-bond donors (Lipinski definition) is 2. The van der Waals surface area contributed by atoms with Gasteiger partial charge in [0.25, 0.3) is 0 Å². The van der Waals surface area contributed by atoms with Crippen molar-refractivity contribution in [1.29, 1.82) is 0 Å². The highest BCUT2D eigenvalue weighted by atomic mass is 15.3. The monoisotopic (exact) mass is 283 g/mol. The number of hydrogen-bond acceptors (Lipinski definition) is 3. The summed E-state index contributed by atoms with van der Waals surface area (Å²) in [6.07, 6.45) is 18.2. The quantitative estimate of drug-likeness (QED) is 0.811. The van der Waals surface area contributed by atoms with Crippen molar-refractivity contribution in [2.24, 2.45) is 0 Å². The molecular weight excluding hydrogens is 258 g/mol. The van der Waals surface area contributed by atoms with Crippen LogP contribution in [0.25, 0.3) is 0 Å². The fourth-order valence-electron chi connectivity index (χ4n) is 2.63. The molecule has 0 aliphatic carbocycles. The number of rotatable bonds is 5. The third-order valence-electron chi connectivity index (χ3n) is 3.68. The lowest BCUT2D eigenvalue weighted by Crippen LogP contribution is -2.49. The summed E-state index contributed by atoms with van der Waals surface area (Å²) in [4.78, 5) is 2.18. The second-order valence-electron chi connectivity index (χ2n) is 5.33. The standard InChI is InChI=1S/C18H25N3/c1-5-8-14-10-17(19-12-14)20-18-11-16(9-6-2)15(7-3)13-21(18)4/h5-9,11-13,17-20H,3,10H2,1-2,4H3/b8-5+,9-6-. The van der Waals surface area contributed by atoms with Gasteiger partial charge in [0, 0.05) is 25.9 Å². The van der Waals surface area contributed by atoms with Crippen molar-refractivity contribution in [3.63, 3.8) is 0 Å². The molecule has 2 rings (SSSR count). The molecule has 0 saturated carbocycles. The Morgan fingerprint density at radius 1 is 1.29 bits per heavy atom. The van der Waals surface area contributed by atoms with Crippen LogP contribution in [0.4, 0.5) is 0 Å². The van der Waals surface area contributed by atoms with Crippen LogP contribution in [0.5, 0.6) is 0 Å². The molecule has 0 aromatic carbocycles. The molecule has 0 spiro atoms. The van der Waals surface area contributed by atoms with E-state index in [1.807, 2.05) is 19.9 Å². The molecule has 0 amide bonds. The molecule has 0 fully saturated rings. The zero-order chi connectivity index (χ0) is 15.2. The maximum absolute atomic E-state index is 3.89. The van der Waals surface area contributed by atoms with Crippen LogP contribution in [0.1, 0.15) is 20.3 Å². The Kier molecular flexibility index (Phi) is 5.23. The molecule has 112 valence electrons. The van der Waals surface area contributed by atoms with E-state index < -0.39 is 0 Å². The van der Waals surface area contributed by atoms with Gasteiger partial charge in [0.15, 0.2) is 0 Å². The highest BCUT2D eigenvalue weighted by molar-refractivity contribution is 5.48. The number of nitrogens with one attached hydrogen (secondary N) is 2. The first-order valence-corrected chi connectivity index (χ1v) is 7.43. The maximum Gasteiger partial charge on any atom is 0.100 e. The van der Waals surface area contributed by atoms with Gasteiger partial charge >= 0.3 is 0 Å². The largest absolute Gasteiger partial charge is 0.375 e. The summed E-state index contributed by atoms with van der Waals surface area (Å²) in [6, 6.07) is 0. The van der Waals surface area contributed by atoms with E-state index in [9.17, 15) is 0 Å². The van der Waals surface area contributed by atoms with Crippen LogP contribution in [-0.4, -0.2) is 24.3 Å². The van der Waals surface area contributed by atoms with Gasteiger partial charge in [0.1, 0.15) is 6.17 Å². The van der Waals surface area contributed by atoms with Gasteiger partial charge in [-0.05, 0) is 36.6 Å². The van der Waals surface area contributed by atoms with Gasteiger partial charge in [-0.25, -0.2) is 0 Å². The summed E-state index contributed by atoms with van der Waals surface area (Å²) < 4.78 is 0. The Labute approximate surface area is 128 Å². The fraction of sp³-hybridized carbons (Fsp3) is 0.333. The van der Waals surface area contributed by atoms with Crippen LogP contribution in [0, 0.1) is 0 Å². The molecule has 0 bridgehead atoms. The van der Waals surface area contributed by atoms with E-state index in [1.165, 1.54) is 11.1 Å². The van der Waals surface area contributed by atoms with Gasteiger partial charge < -0.3 is 10.2 Å². The molecule has 0 aromatic heterocycles. The van der Waals surface area contributed by atoms with Gasteiger partial charge in [0.05, 0.1) is 6.17 Å².